The van der Waals surface area contributed by atoms with Crippen molar-refractivity contribution in [3.05, 3.63) is 64.6 Å². The highest BCUT2D eigenvalue weighted by molar-refractivity contribution is 7.92. The smallest absolute Gasteiger partial charge is 0.277 e. The number of nitrogens with one attached hydrogen (secondary N) is 2. The lowest BCUT2D eigenvalue weighted by Crippen LogP contribution is -2.17. The maximum Gasteiger partial charge on any atom is 0.277 e. The summed E-state index contributed by atoms with van der Waals surface area (Å²) in [4.78, 5) is 24.9. The molecule has 4 rings (SSSR count). The predicted molar refractivity (Wildman–Crippen MR) is 156 cm³/mol. The minimum absolute atomic E-state index is 0.0891. The molecule has 0 radical (unpaired) electrons. The van der Waals surface area contributed by atoms with Crippen LogP contribution in [0.2, 0.25) is 0 Å². The number of hydrogen-bond donors (Lipinski definition) is 2. The summed E-state index contributed by atoms with van der Waals surface area (Å²) in [5.41, 5.74) is 1.49. The van der Waals surface area contributed by atoms with Crippen LogP contribution in [0.5, 0.6) is 5.75 Å². The molecule has 40 heavy (non-hydrogen) atoms. The van der Waals surface area contributed by atoms with Gasteiger partial charge in [-0.2, -0.15) is 0 Å². The molecule has 0 spiro atoms. The van der Waals surface area contributed by atoms with Gasteiger partial charge in [-0.05, 0) is 49.6 Å². The van der Waals surface area contributed by atoms with Crippen molar-refractivity contribution in [1.82, 2.24) is 24.6 Å². The molecule has 1 unspecified atom stereocenters. The van der Waals surface area contributed by atoms with Gasteiger partial charge in [-0.15, -0.1) is 5.10 Å². The number of pyridine rings is 1. The third kappa shape index (κ3) is 6.70. The van der Waals surface area contributed by atoms with Crippen LogP contribution in [0.3, 0.4) is 0 Å². The van der Waals surface area contributed by atoms with Gasteiger partial charge in [0.15, 0.2) is 11.3 Å². The fourth-order valence-electron chi connectivity index (χ4n) is 4.73. The lowest BCUT2D eigenvalue weighted by atomic mass is 9.95. The number of aryl methyl sites for hydroxylation is 1. The Hall–Kier alpha value is -3.73. The van der Waals surface area contributed by atoms with Crippen molar-refractivity contribution in [3.8, 4) is 17.1 Å². The van der Waals surface area contributed by atoms with E-state index in [1.165, 1.54) is 37.4 Å². The maximum atomic E-state index is 13.3. The van der Waals surface area contributed by atoms with Crippen molar-refractivity contribution in [2.24, 2.45) is 5.92 Å². The largest absolute Gasteiger partial charge is 0.493 e. The van der Waals surface area contributed by atoms with Gasteiger partial charge in [-0.25, -0.2) is 17.9 Å². The van der Waals surface area contributed by atoms with Crippen molar-refractivity contribution in [2.45, 2.75) is 77.5 Å². The lowest BCUT2D eigenvalue weighted by molar-refractivity contribution is 0.318. The average molecular weight is 567 g/mol. The van der Waals surface area contributed by atoms with E-state index in [-0.39, 0.29) is 16.3 Å². The Morgan fingerprint density at radius 3 is 2.55 bits per heavy atom. The summed E-state index contributed by atoms with van der Waals surface area (Å²) >= 11 is 0. The Labute approximate surface area is 235 Å². The fourth-order valence-corrected chi connectivity index (χ4v) is 5.76. The number of unbranched alkanes of at least 4 members (excludes halogenated alkanes) is 2. The van der Waals surface area contributed by atoms with Crippen LogP contribution in [0.4, 0.5) is 5.69 Å². The van der Waals surface area contributed by atoms with Crippen LogP contribution >= 0.6 is 0 Å². The third-order valence-corrected chi connectivity index (χ3v) is 8.31. The third-order valence-electron chi connectivity index (χ3n) is 6.92. The summed E-state index contributed by atoms with van der Waals surface area (Å²) in [5, 5.41) is 4.81. The summed E-state index contributed by atoms with van der Waals surface area (Å²) in [5.74, 6) is 1.94. The van der Waals surface area contributed by atoms with E-state index in [1.54, 1.807) is 22.7 Å². The van der Waals surface area contributed by atoms with Gasteiger partial charge in [0.05, 0.1) is 22.8 Å². The number of aromatic nitrogens is 5. The highest BCUT2D eigenvalue weighted by Crippen LogP contribution is 2.32. The zero-order valence-electron chi connectivity index (χ0n) is 23.6. The number of anilines is 1. The summed E-state index contributed by atoms with van der Waals surface area (Å²) in [7, 11) is -3.85. The van der Waals surface area contributed by atoms with Crippen molar-refractivity contribution < 1.29 is 13.2 Å². The maximum absolute atomic E-state index is 13.3. The Morgan fingerprint density at radius 2 is 1.85 bits per heavy atom. The van der Waals surface area contributed by atoms with Gasteiger partial charge in [0.25, 0.3) is 15.6 Å². The van der Waals surface area contributed by atoms with E-state index in [0.717, 1.165) is 37.9 Å². The second kappa shape index (κ2) is 13.1. The van der Waals surface area contributed by atoms with Gasteiger partial charge in [-0.1, -0.05) is 52.9 Å². The Bertz CT molecular complexity index is 1600. The van der Waals surface area contributed by atoms with Gasteiger partial charge in [-0.3, -0.25) is 14.5 Å². The molecule has 3 heterocycles. The van der Waals surface area contributed by atoms with E-state index >= 15 is 0 Å². The zero-order chi connectivity index (χ0) is 28.7. The molecule has 2 N–H and O–H groups in total. The van der Waals surface area contributed by atoms with E-state index in [1.807, 2.05) is 13.8 Å². The molecule has 1 atom stereocenters. The molecular weight excluding hydrogens is 528 g/mol. The quantitative estimate of drug-likeness (QED) is 0.192. The first-order valence-corrected chi connectivity index (χ1v) is 15.4. The molecular formula is C29H38N6O4S. The fraction of sp³-hybridized carbons (Fsp3) is 0.448. The van der Waals surface area contributed by atoms with E-state index in [4.69, 9.17) is 14.8 Å². The molecule has 4 aromatic rings. The standard InChI is InChI=1S/C29H38N6O4S/c1-5-8-9-10-21(7-3)18-26-31-20(4)27-29(36)32-28(33-35(26)27)24-19-22(11-12-25(24)39-17-6-2)34-40(37,38)23-13-15-30-16-14-23/h11-16,19,21,34H,5-10,17-18H2,1-4H3,(H,32,33,36). The Balaban J connectivity index is 1.77. The topological polar surface area (TPSA) is 131 Å². The predicted octanol–water partition coefficient (Wildman–Crippen LogP) is 5.53. The molecule has 3 aromatic heterocycles. The SMILES string of the molecule is CCCCCC(CC)Cc1nc(C)c2c(=O)[nH]c(-c3cc(NS(=O)(=O)c4ccncc4)ccc3OCCC)nn12. The molecule has 10 nitrogen and oxygen atoms in total. The molecule has 11 heteroatoms. The molecule has 0 aliphatic carbocycles. The minimum Gasteiger partial charge on any atom is -0.493 e. The summed E-state index contributed by atoms with van der Waals surface area (Å²) in [6.07, 6.45) is 9.98. The summed E-state index contributed by atoms with van der Waals surface area (Å²) < 4.78 is 36.1. The van der Waals surface area contributed by atoms with Crippen LogP contribution in [-0.4, -0.2) is 39.6 Å². The number of rotatable bonds is 14. The normalized spacial score (nSPS) is 12.5. The Morgan fingerprint density at radius 1 is 1.07 bits per heavy atom. The van der Waals surface area contributed by atoms with Gasteiger partial charge >= 0.3 is 0 Å². The van der Waals surface area contributed by atoms with Crippen molar-refractivity contribution in [2.75, 3.05) is 11.3 Å². The second-order valence-electron chi connectivity index (χ2n) is 10.00. The second-order valence-corrected chi connectivity index (χ2v) is 11.7. The summed E-state index contributed by atoms with van der Waals surface area (Å²) in [6, 6.07) is 7.77. The molecule has 0 aliphatic heterocycles. The molecule has 0 bridgehead atoms. The zero-order valence-corrected chi connectivity index (χ0v) is 24.4. The van der Waals surface area contributed by atoms with Crippen LogP contribution in [0, 0.1) is 12.8 Å². The molecule has 0 amide bonds. The highest BCUT2D eigenvalue weighted by atomic mass is 32.2. The van der Waals surface area contributed by atoms with Crippen LogP contribution in [0.15, 0.2) is 52.4 Å². The van der Waals surface area contributed by atoms with E-state index in [9.17, 15) is 13.2 Å². The monoisotopic (exact) mass is 566 g/mol. The van der Waals surface area contributed by atoms with E-state index < -0.39 is 10.0 Å². The lowest BCUT2D eigenvalue weighted by Gasteiger charge is -2.15. The number of H-pyrrole nitrogens is 1. The van der Waals surface area contributed by atoms with Crippen molar-refractivity contribution in [3.63, 3.8) is 0 Å². The summed E-state index contributed by atoms with van der Waals surface area (Å²) in [6.45, 7) is 8.64. The van der Waals surface area contributed by atoms with Gasteiger partial charge in [0.1, 0.15) is 11.6 Å². The number of imidazole rings is 1. The Kier molecular flexibility index (Phi) is 9.57. The number of benzene rings is 1. The molecule has 0 saturated heterocycles. The number of hydrogen-bond acceptors (Lipinski definition) is 7. The van der Waals surface area contributed by atoms with E-state index in [2.05, 4.69) is 28.5 Å². The van der Waals surface area contributed by atoms with Crippen LogP contribution in [0.1, 0.15) is 70.8 Å². The molecule has 0 saturated carbocycles. The molecule has 214 valence electrons. The molecule has 0 aliphatic rings. The first-order chi connectivity index (χ1) is 19.3. The van der Waals surface area contributed by atoms with Crippen LogP contribution in [0.25, 0.3) is 16.9 Å². The van der Waals surface area contributed by atoms with Gasteiger partial charge < -0.3 is 9.72 Å². The van der Waals surface area contributed by atoms with Crippen LogP contribution < -0.4 is 15.0 Å². The number of nitrogens with zero attached hydrogens (tertiary/aromatic N) is 4. The number of fused-ring (bicyclic) bond motifs is 1. The number of sulfonamides is 1. The van der Waals surface area contributed by atoms with Crippen molar-refractivity contribution in [1.29, 1.82) is 0 Å². The van der Waals surface area contributed by atoms with Gasteiger partial charge in [0.2, 0.25) is 0 Å². The number of ether oxygens (including phenoxy) is 1. The number of aromatic amines is 1. The molecule has 0 fully saturated rings. The highest BCUT2D eigenvalue weighted by Gasteiger charge is 2.21. The first kappa shape index (κ1) is 29.3. The van der Waals surface area contributed by atoms with Crippen molar-refractivity contribution >= 4 is 21.2 Å². The van der Waals surface area contributed by atoms with Crippen LogP contribution in [-0.2, 0) is 16.4 Å². The molecule has 1 aromatic carbocycles. The van der Waals surface area contributed by atoms with Gasteiger partial charge in [0, 0.05) is 24.5 Å². The minimum atomic E-state index is -3.85. The van der Waals surface area contributed by atoms with E-state index in [0.29, 0.717) is 40.7 Å². The first-order valence-electron chi connectivity index (χ1n) is 14.0. The average Bonchev–Trinajstić information content (AvgIpc) is 3.27.